The smallest absolute Gasteiger partial charge is 0.223 e. The zero-order valence-electron chi connectivity index (χ0n) is 13.7. The molecule has 1 atom stereocenters. The molecule has 0 aliphatic rings. The van der Waals surface area contributed by atoms with Gasteiger partial charge in [-0.1, -0.05) is 26.7 Å². The maximum absolute atomic E-state index is 12.3. The van der Waals surface area contributed by atoms with Crippen LogP contribution in [-0.2, 0) is 11.3 Å². The summed E-state index contributed by atoms with van der Waals surface area (Å²) < 4.78 is 5.23. The number of amides is 1. The normalized spacial score (nSPS) is 12.5. The van der Waals surface area contributed by atoms with Gasteiger partial charge in [-0.15, -0.1) is 11.3 Å². The number of rotatable bonds is 9. The molecule has 0 aliphatic heterocycles. The quantitative estimate of drug-likeness (QED) is 0.720. The van der Waals surface area contributed by atoms with Gasteiger partial charge in [0.05, 0.1) is 12.8 Å². The lowest BCUT2D eigenvalue weighted by Gasteiger charge is -2.14. The van der Waals surface area contributed by atoms with Crippen molar-refractivity contribution < 1.29 is 14.3 Å². The molecule has 2 rings (SSSR count). The van der Waals surface area contributed by atoms with Gasteiger partial charge in [-0.25, -0.2) is 0 Å². The predicted octanol–water partition coefficient (Wildman–Crippen LogP) is 4.26. The first-order chi connectivity index (χ1) is 11.2. The van der Waals surface area contributed by atoms with Crippen molar-refractivity contribution in [2.24, 2.45) is 5.92 Å². The van der Waals surface area contributed by atoms with Gasteiger partial charge >= 0.3 is 0 Å². The van der Waals surface area contributed by atoms with Crippen LogP contribution in [0.25, 0.3) is 0 Å². The lowest BCUT2D eigenvalue weighted by Crippen LogP contribution is -2.30. The average Bonchev–Trinajstić information content (AvgIpc) is 3.23. The summed E-state index contributed by atoms with van der Waals surface area (Å²) in [5.41, 5.74) is 0. The number of furan rings is 1. The van der Waals surface area contributed by atoms with Crippen molar-refractivity contribution in [3.05, 3.63) is 46.0 Å². The molecule has 23 heavy (non-hydrogen) atoms. The molecule has 0 spiro atoms. The van der Waals surface area contributed by atoms with Crippen LogP contribution in [0.4, 0.5) is 0 Å². The van der Waals surface area contributed by atoms with E-state index in [4.69, 9.17) is 4.42 Å². The summed E-state index contributed by atoms with van der Waals surface area (Å²) in [4.78, 5) is 14.1. The molecule has 2 heterocycles. The van der Waals surface area contributed by atoms with Gasteiger partial charge in [0.15, 0.2) is 0 Å². The maximum atomic E-state index is 12.3. The topological polar surface area (TPSA) is 62.5 Å². The number of hydrogen-bond acceptors (Lipinski definition) is 4. The summed E-state index contributed by atoms with van der Waals surface area (Å²) in [6.45, 7) is 4.73. The molecule has 2 N–H and O–H groups in total. The highest BCUT2D eigenvalue weighted by Crippen LogP contribution is 2.28. The van der Waals surface area contributed by atoms with Gasteiger partial charge in [0, 0.05) is 15.7 Å². The van der Waals surface area contributed by atoms with E-state index >= 15 is 0 Å². The number of hydrogen-bond donors (Lipinski definition) is 2. The number of carbonyl (C=O) groups excluding carboxylic acids is 1. The fourth-order valence-electron chi connectivity index (χ4n) is 2.65. The van der Waals surface area contributed by atoms with Crippen molar-refractivity contribution in [2.45, 2.75) is 52.2 Å². The van der Waals surface area contributed by atoms with E-state index in [2.05, 4.69) is 19.2 Å². The van der Waals surface area contributed by atoms with Crippen LogP contribution in [0.3, 0.4) is 0 Å². The Morgan fingerprint density at radius 3 is 2.61 bits per heavy atom. The van der Waals surface area contributed by atoms with Crippen LogP contribution < -0.4 is 5.32 Å². The second-order valence-electron chi connectivity index (χ2n) is 5.71. The Morgan fingerprint density at radius 2 is 2.00 bits per heavy atom. The fourth-order valence-corrected chi connectivity index (χ4v) is 3.59. The van der Waals surface area contributed by atoms with E-state index in [1.807, 2.05) is 12.1 Å². The Kier molecular flexibility index (Phi) is 6.86. The molecule has 0 saturated heterocycles. The highest BCUT2D eigenvalue weighted by Gasteiger charge is 2.18. The largest absolute Gasteiger partial charge is 0.466 e. The van der Waals surface area contributed by atoms with Gasteiger partial charge in [0.2, 0.25) is 5.91 Å². The molecule has 0 aliphatic carbocycles. The van der Waals surface area contributed by atoms with E-state index in [1.165, 1.54) is 11.3 Å². The fraction of sp³-hybridized carbons (Fsp3) is 0.500. The van der Waals surface area contributed by atoms with E-state index in [9.17, 15) is 9.90 Å². The monoisotopic (exact) mass is 335 g/mol. The van der Waals surface area contributed by atoms with Crippen LogP contribution in [0.2, 0.25) is 0 Å². The molecule has 5 heteroatoms. The number of carbonyl (C=O) groups is 1. The van der Waals surface area contributed by atoms with Gasteiger partial charge in [0.1, 0.15) is 11.9 Å². The minimum atomic E-state index is -0.743. The van der Waals surface area contributed by atoms with Crippen molar-refractivity contribution in [3.63, 3.8) is 0 Å². The average molecular weight is 335 g/mol. The molecular weight excluding hydrogens is 310 g/mol. The number of aliphatic hydroxyl groups is 1. The molecule has 0 bridgehead atoms. The summed E-state index contributed by atoms with van der Waals surface area (Å²) in [5.74, 6) is 0.779. The molecule has 1 amide bonds. The number of thiophene rings is 1. The van der Waals surface area contributed by atoms with Crippen molar-refractivity contribution in [3.8, 4) is 0 Å². The SMILES string of the molecule is CCCC(CCC)C(=O)NCc1ccc(C(O)c2ccco2)s1. The van der Waals surface area contributed by atoms with E-state index in [0.29, 0.717) is 12.3 Å². The molecule has 0 fully saturated rings. The van der Waals surface area contributed by atoms with Gasteiger partial charge in [0.25, 0.3) is 0 Å². The third kappa shape index (κ3) is 4.94. The van der Waals surface area contributed by atoms with E-state index < -0.39 is 6.10 Å². The highest BCUT2D eigenvalue weighted by molar-refractivity contribution is 7.12. The predicted molar refractivity (Wildman–Crippen MR) is 92.2 cm³/mol. The van der Waals surface area contributed by atoms with Crippen molar-refractivity contribution in [2.75, 3.05) is 0 Å². The molecular formula is C18H25NO3S. The summed E-state index contributed by atoms with van der Waals surface area (Å²) in [6, 6.07) is 7.34. The second-order valence-corrected chi connectivity index (χ2v) is 6.91. The molecule has 0 radical (unpaired) electrons. The Morgan fingerprint density at radius 1 is 1.26 bits per heavy atom. The Balaban J connectivity index is 1.90. The van der Waals surface area contributed by atoms with E-state index in [0.717, 1.165) is 35.4 Å². The number of nitrogens with one attached hydrogen (secondary N) is 1. The Bertz CT molecular complexity index is 585. The van der Waals surface area contributed by atoms with Crippen LogP contribution in [0.5, 0.6) is 0 Å². The third-order valence-corrected chi connectivity index (χ3v) is 4.98. The zero-order chi connectivity index (χ0) is 16.7. The van der Waals surface area contributed by atoms with Crippen molar-refractivity contribution in [1.29, 1.82) is 0 Å². The van der Waals surface area contributed by atoms with Crippen LogP contribution in [0.15, 0.2) is 34.9 Å². The van der Waals surface area contributed by atoms with Gasteiger partial charge < -0.3 is 14.8 Å². The summed E-state index contributed by atoms with van der Waals surface area (Å²) in [5, 5.41) is 13.3. The standard InChI is InChI=1S/C18H25NO3S/c1-3-6-13(7-4-2)18(21)19-12-14-9-10-16(23-14)17(20)15-8-5-11-22-15/h5,8-11,13,17,20H,3-4,6-7,12H2,1-2H3,(H,19,21). The molecule has 0 aromatic carbocycles. The van der Waals surface area contributed by atoms with Crippen molar-refractivity contribution in [1.82, 2.24) is 5.32 Å². The zero-order valence-corrected chi connectivity index (χ0v) is 14.6. The van der Waals surface area contributed by atoms with Crippen LogP contribution >= 0.6 is 11.3 Å². The van der Waals surface area contributed by atoms with E-state index in [1.54, 1.807) is 18.4 Å². The van der Waals surface area contributed by atoms with Crippen molar-refractivity contribution >= 4 is 17.2 Å². The van der Waals surface area contributed by atoms with Gasteiger partial charge in [-0.3, -0.25) is 4.79 Å². The molecule has 2 aromatic rings. The van der Waals surface area contributed by atoms with Crippen LogP contribution in [-0.4, -0.2) is 11.0 Å². The first-order valence-electron chi connectivity index (χ1n) is 8.23. The first-order valence-corrected chi connectivity index (χ1v) is 9.05. The molecule has 1 unspecified atom stereocenters. The molecule has 4 nitrogen and oxygen atoms in total. The third-order valence-electron chi connectivity index (χ3n) is 3.85. The van der Waals surface area contributed by atoms with Gasteiger partial charge in [-0.05, 0) is 37.1 Å². The summed E-state index contributed by atoms with van der Waals surface area (Å²) >= 11 is 1.49. The van der Waals surface area contributed by atoms with E-state index in [-0.39, 0.29) is 11.8 Å². The molecule has 2 aromatic heterocycles. The molecule has 126 valence electrons. The second kappa shape index (κ2) is 8.89. The maximum Gasteiger partial charge on any atom is 0.223 e. The summed E-state index contributed by atoms with van der Waals surface area (Å²) in [6.07, 6.45) is 4.73. The van der Waals surface area contributed by atoms with Gasteiger partial charge in [-0.2, -0.15) is 0 Å². The lowest BCUT2D eigenvalue weighted by molar-refractivity contribution is -0.125. The first kappa shape index (κ1) is 17.8. The molecule has 0 saturated carbocycles. The van der Waals surface area contributed by atoms with Crippen LogP contribution in [0, 0.1) is 5.92 Å². The Labute approximate surface area is 141 Å². The minimum absolute atomic E-state index is 0.109. The minimum Gasteiger partial charge on any atom is -0.466 e. The summed E-state index contributed by atoms with van der Waals surface area (Å²) in [7, 11) is 0. The highest BCUT2D eigenvalue weighted by atomic mass is 32.1. The lowest BCUT2D eigenvalue weighted by atomic mass is 9.97. The Hall–Kier alpha value is -1.59. The van der Waals surface area contributed by atoms with Crippen LogP contribution in [0.1, 0.15) is 61.1 Å². The number of aliphatic hydroxyl groups excluding tert-OH is 1.